The summed E-state index contributed by atoms with van der Waals surface area (Å²) in [5.74, 6) is 0.0313. The van der Waals surface area contributed by atoms with Crippen LogP contribution in [0.4, 0.5) is 0 Å². The Labute approximate surface area is 109 Å². The van der Waals surface area contributed by atoms with Crippen molar-refractivity contribution in [2.75, 3.05) is 39.3 Å². The maximum atomic E-state index is 11.9. The van der Waals surface area contributed by atoms with Crippen LogP contribution in [0.25, 0.3) is 0 Å². The van der Waals surface area contributed by atoms with Gasteiger partial charge in [0.1, 0.15) is 6.10 Å². The van der Waals surface area contributed by atoms with E-state index in [-0.39, 0.29) is 12.0 Å². The fourth-order valence-electron chi connectivity index (χ4n) is 2.77. The molecule has 0 aromatic rings. The molecule has 0 aromatic carbocycles. The van der Waals surface area contributed by atoms with E-state index in [4.69, 9.17) is 4.74 Å². The van der Waals surface area contributed by atoms with E-state index in [0.29, 0.717) is 19.2 Å². The fraction of sp³-hybridized carbons (Fsp3) is 0.923. The summed E-state index contributed by atoms with van der Waals surface area (Å²) in [6.45, 7) is 7.29. The Morgan fingerprint density at radius 2 is 2.39 bits per heavy atom. The van der Waals surface area contributed by atoms with E-state index in [1.54, 1.807) is 0 Å². The average Bonchev–Trinajstić information content (AvgIpc) is 2.46. The first-order valence-electron chi connectivity index (χ1n) is 7.15. The van der Waals surface area contributed by atoms with E-state index in [0.717, 1.165) is 19.6 Å². The number of likely N-dealkylation sites (N-methyl/N-ethyl adjacent to an activating group) is 1. The van der Waals surface area contributed by atoms with E-state index in [1.165, 1.54) is 25.8 Å². The van der Waals surface area contributed by atoms with Crippen LogP contribution >= 0.6 is 0 Å². The van der Waals surface area contributed by atoms with Crippen LogP contribution in [-0.4, -0.2) is 62.3 Å². The van der Waals surface area contributed by atoms with Crippen molar-refractivity contribution in [1.82, 2.24) is 15.5 Å². The molecule has 18 heavy (non-hydrogen) atoms. The smallest absolute Gasteiger partial charge is 0.250 e. The quantitative estimate of drug-likeness (QED) is 0.740. The summed E-state index contributed by atoms with van der Waals surface area (Å²) in [4.78, 5) is 14.4. The molecule has 0 radical (unpaired) electrons. The molecule has 2 aliphatic rings. The minimum absolute atomic E-state index is 0.0313. The normalized spacial score (nSPS) is 30.1. The molecule has 2 heterocycles. The fourth-order valence-corrected chi connectivity index (χ4v) is 2.77. The summed E-state index contributed by atoms with van der Waals surface area (Å²) < 4.78 is 5.44. The monoisotopic (exact) mass is 255 g/mol. The second-order valence-corrected chi connectivity index (χ2v) is 5.09. The minimum atomic E-state index is -0.308. The largest absolute Gasteiger partial charge is 0.366 e. The van der Waals surface area contributed by atoms with Crippen molar-refractivity contribution in [3.05, 3.63) is 0 Å². The molecule has 0 bridgehead atoms. The molecule has 0 saturated carbocycles. The van der Waals surface area contributed by atoms with Crippen molar-refractivity contribution in [3.8, 4) is 0 Å². The molecule has 2 aliphatic heterocycles. The van der Waals surface area contributed by atoms with Crippen molar-refractivity contribution >= 4 is 5.91 Å². The number of amides is 1. The van der Waals surface area contributed by atoms with Crippen molar-refractivity contribution < 1.29 is 9.53 Å². The number of piperidine rings is 1. The molecule has 5 nitrogen and oxygen atoms in total. The molecule has 0 spiro atoms. The lowest BCUT2D eigenvalue weighted by Crippen LogP contribution is -2.52. The van der Waals surface area contributed by atoms with Crippen LogP contribution in [0.1, 0.15) is 26.2 Å². The number of hydrogen-bond donors (Lipinski definition) is 2. The van der Waals surface area contributed by atoms with Gasteiger partial charge in [0, 0.05) is 25.7 Å². The summed E-state index contributed by atoms with van der Waals surface area (Å²) in [6, 6.07) is 0.504. The van der Waals surface area contributed by atoms with E-state index in [2.05, 4.69) is 22.5 Å². The molecule has 2 unspecified atom stereocenters. The Hall–Kier alpha value is -0.650. The summed E-state index contributed by atoms with van der Waals surface area (Å²) >= 11 is 0. The SMILES string of the molecule is CCN1CCCCC1CNC(=O)C1CNCCO1. The first-order valence-corrected chi connectivity index (χ1v) is 7.15. The lowest BCUT2D eigenvalue weighted by molar-refractivity contribution is -0.134. The summed E-state index contributed by atoms with van der Waals surface area (Å²) in [7, 11) is 0. The number of likely N-dealkylation sites (tertiary alicyclic amines) is 1. The maximum absolute atomic E-state index is 11.9. The third-order valence-corrected chi connectivity index (χ3v) is 3.89. The third kappa shape index (κ3) is 3.67. The lowest BCUT2D eigenvalue weighted by Gasteiger charge is -2.35. The number of hydrogen-bond acceptors (Lipinski definition) is 4. The average molecular weight is 255 g/mol. The number of carbonyl (C=O) groups is 1. The predicted octanol–water partition coefficient (Wildman–Crippen LogP) is -0.0346. The molecule has 0 aromatic heterocycles. The van der Waals surface area contributed by atoms with Crippen LogP contribution in [0, 0.1) is 0 Å². The van der Waals surface area contributed by atoms with Gasteiger partial charge in [-0.1, -0.05) is 13.3 Å². The highest BCUT2D eigenvalue weighted by molar-refractivity contribution is 5.81. The van der Waals surface area contributed by atoms with E-state index in [9.17, 15) is 4.79 Å². The standard InChI is InChI=1S/C13H25N3O2/c1-2-16-7-4-3-5-11(16)9-15-13(17)12-10-14-6-8-18-12/h11-12,14H,2-10H2,1H3,(H,15,17). The van der Waals surface area contributed by atoms with Crippen LogP contribution in [-0.2, 0) is 9.53 Å². The number of ether oxygens (including phenoxy) is 1. The zero-order chi connectivity index (χ0) is 12.8. The molecule has 5 heteroatoms. The Morgan fingerprint density at radius 3 is 3.11 bits per heavy atom. The minimum Gasteiger partial charge on any atom is -0.366 e. The molecule has 2 saturated heterocycles. The Balaban J connectivity index is 1.73. The maximum Gasteiger partial charge on any atom is 0.250 e. The number of rotatable bonds is 4. The van der Waals surface area contributed by atoms with Crippen molar-refractivity contribution in [1.29, 1.82) is 0 Å². The van der Waals surface area contributed by atoms with Crippen LogP contribution in [0.5, 0.6) is 0 Å². The van der Waals surface area contributed by atoms with E-state index < -0.39 is 0 Å². The van der Waals surface area contributed by atoms with Crippen LogP contribution in [0.3, 0.4) is 0 Å². The van der Waals surface area contributed by atoms with Gasteiger partial charge in [-0.25, -0.2) is 0 Å². The van der Waals surface area contributed by atoms with Crippen molar-refractivity contribution in [3.63, 3.8) is 0 Å². The van der Waals surface area contributed by atoms with Gasteiger partial charge in [-0.05, 0) is 25.9 Å². The second kappa shape index (κ2) is 7.07. The van der Waals surface area contributed by atoms with Gasteiger partial charge in [-0.3, -0.25) is 9.69 Å². The lowest BCUT2D eigenvalue weighted by atomic mass is 10.0. The number of carbonyl (C=O) groups excluding carboxylic acids is 1. The first kappa shape index (κ1) is 13.8. The number of nitrogens with one attached hydrogen (secondary N) is 2. The van der Waals surface area contributed by atoms with Crippen molar-refractivity contribution in [2.24, 2.45) is 0 Å². The summed E-state index contributed by atoms with van der Waals surface area (Å²) in [5.41, 5.74) is 0. The molecule has 0 aliphatic carbocycles. The van der Waals surface area contributed by atoms with Gasteiger partial charge in [-0.2, -0.15) is 0 Å². The van der Waals surface area contributed by atoms with Gasteiger partial charge in [-0.15, -0.1) is 0 Å². The predicted molar refractivity (Wildman–Crippen MR) is 70.5 cm³/mol. The highest BCUT2D eigenvalue weighted by Crippen LogP contribution is 2.15. The van der Waals surface area contributed by atoms with Gasteiger partial charge in [0.15, 0.2) is 0 Å². The molecule has 2 rings (SSSR count). The molecular formula is C13H25N3O2. The zero-order valence-electron chi connectivity index (χ0n) is 11.3. The van der Waals surface area contributed by atoms with Crippen LogP contribution in [0.15, 0.2) is 0 Å². The van der Waals surface area contributed by atoms with Gasteiger partial charge in [0.25, 0.3) is 5.91 Å². The highest BCUT2D eigenvalue weighted by atomic mass is 16.5. The Kier molecular flexibility index (Phi) is 5.41. The number of morpholine rings is 1. The second-order valence-electron chi connectivity index (χ2n) is 5.09. The molecule has 2 fully saturated rings. The van der Waals surface area contributed by atoms with Crippen molar-refractivity contribution in [2.45, 2.75) is 38.3 Å². The van der Waals surface area contributed by atoms with Gasteiger partial charge in [0.05, 0.1) is 6.61 Å². The third-order valence-electron chi connectivity index (χ3n) is 3.89. The van der Waals surface area contributed by atoms with Crippen LogP contribution in [0.2, 0.25) is 0 Å². The molecule has 2 N–H and O–H groups in total. The van der Waals surface area contributed by atoms with E-state index >= 15 is 0 Å². The molecule has 2 atom stereocenters. The molecule has 1 amide bonds. The topological polar surface area (TPSA) is 53.6 Å². The van der Waals surface area contributed by atoms with E-state index in [1.807, 2.05) is 0 Å². The molecule has 104 valence electrons. The highest BCUT2D eigenvalue weighted by Gasteiger charge is 2.25. The summed E-state index contributed by atoms with van der Waals surface area (Å²) in [6.07, 6.45) is 3.45. The zero-order valence-corrected chi connectivity index (χ0v) is 11.3. The first-order chi connectivity index (χ1) is 8.81. The Morgan fingerprint density at radius 1 is 1.50 bits per heavy atom. The van der Waals surface area contributed by atoms with Gasteiger partial charge < -0.3 is 15.4 Å². The molecular weight excluding hydrogens is 230 g/mol. The van der Waals surface area contributed by atoms with Gasteiger partial charge >= 0.3 is 0 Å². The van der Waals surface area contributed by atoms with Crippen LogP contribution < -0.4 is 10.6 Å². The summed E-state index contributed by atoms with van der Waals surface area (Å²) in [5, 5.41) is 6.22. The Bertz CT molecular complexity index is 267. The van der Waals surface area contributed by atoms with Gasteiger partial charge in [0.2, 0.25) is 0 Å². The number of nitrogens with zero attached hydrogens (tertiary/aromatic N) is 1.